The number of aromatic nitrogens is 3. The van der Waals surface area contributed by atoms with Crippen LogP contribution in [0, 0.1) is 0 Å². The molecule has 5 nitrogen and oxygen atoms in total. The number of halogens is 1. The molecule has 0 atom stereocenters. The minimum absolute atomic E-state index is 0.108. The third-order valence-corrected chi connectivity index (χ3v) is 2.58. The van der Waals surface area contributed by atoms with Crippen LogP contribution in [0.2, 0.25) is 5.28 Å². The Bertz CT molecular complexity index is 553. The lowest BCUT2D eigenvalue weighted by Crippen LogP contribution is -2.17. The van der Waals surface area contributed by atoms with Crippen LogP contribution in [0.3, 0.4) is 0 Å². The van der Waals surface area contributed by atoms with Gasteiger partial charge in [0.2, 0.25) is 5.28 Å². The van der Waals surface area contributed by atoms with E-state index in [1.807, 2.05) is 16.8 Å². The lowest BCUT2D eigenvalue weighted by Gasteiger charge is -2.08. The Balaban J connectivity index is 2.14. The Morgan fingerprint density at radius 3 is 3.06 bits per heavy atom. The number of carbonyl (C=O) groups is 1. The second kappa shape index (κ2) is 5.64. The molecule has 6 heteroatoms. The molecular weight excluding hydrogens is 252 g/mol. The SMILES string of the molecule is CCCn1cccc1C(=O)Nc1ccnc(Cl)n1. The number of rotatable bonds is 4. The van der Waals surface area contributed by atoms with Crippen molar-refractivity contribution >= 4 is 23.3 Å². The van der Waals surface area contributed by atoms with Crippen LogP contribution in [-0.4, -0.2) is 20.4 Å². The van der Waals surface area contributed by atoms with E-state index in [9.17, 15) is 4.79 Å². The fourth-order valence-corrected chi connectivity index (χ4v) is 1.79. The summed E-state index contributed by atoms with van der Waals surface area (Å²) >= 11 is 5.66. The van der Waals surface area contributed by atoms with Gasteiger partial charge in [-0.1, -0.05) is 6.92 Å². The summed E-state index contributed by atoms with van der Waals surface area (Å²) < 4.78 is 1.90. The predicted molar refractivity (Wildman–Crippen MR) is 69.7 cm³/mol. The van der Waals surface area contributed by atoms with Crippen molar-refractivity contribution in [3.05, 3.63) is 41.6 Å². The molecule has 1 amide bonds. The highest BCUT2D eigenvalue weighted by atomic mass is 35.5. The fourth-order valence-electron chi connectivity index (χ4n) is 1.64. The molecule has 0 saturated carbocycles. The van der Waals surface area contributed by atoms with Gasteiger partial charge in [-0.25, -0.2) is 9.97 Å². The highest BCUT2D eigenvalue weighted by Crippen LogP contribution is 2.09. The molecule has 0 bridgehead atoms. The van der Waals surface area contributed by atoms with Gasteiger partial charge in [0.15, 0.2) is 0 Å². The molecule has 2 aromatic rings. The minimum Gasteiger partial charge on any atom is -0.344 e. The summed E-state index contributed by atoms with van der Waals surface area (Å²) in [6, 6.07) is 5.21. The number of hydrogen-bond acceptors (Lipinski definition) is 3. The summed E-state index contributed by atoms with van der Waals surface area (Å²) in [7, 11) is 0. The van der Waals surface area contributed by atoms with Crippen molar-refractivity contribution in [1.29, 1.82) is 0 Å². The Morgan fingerprint density at radius 2 is 2.33 bits per heavy atom. The summed E-state index contributed by atoms with van der Waals surface area (Å²) in [6.45, 7) is 2.87. The Labute approximate surface area is 110 Å². The van der Waals surface area contributed by atoms with Crippen molar-refractivity contribution in [3.8, 4) is 0 Å². The molecule has 0 aromatic carbocycles. The first kappa shape index (κ1) is 12.6. The Kier molecular flexibility index (Phi) is 3.94. The molecule has 0 spiro atoms. The maximum atomic E-state index is 12.0. The molecule has 94 valence electrons. The molecule has 18 heavy (non-hydrogen) atoms. The second-order valence-electron chi connectivity index (χ2n) is 3.75. The average molecular weight is 265 g/mol. The predicted octanol–water partition coefficient (Wildman–Crippen LogP) is 2.59. The number of nitrogens with zero attached hydrogens (tertiary/aromatic N) is 3. The summed E-state index contributed by atoms with van der Waals surface area (Å²) in [4.78, 5) is 19.7. The molecule has 2 heterocycles. The number of amides is 1. The van der Waals surface area contributed by atoms with E-state index in [4.69, 9.17) is 11.6 Å². The van der Waals surface area contributed by atoms with E-state index in [0.29, 0.717) is 11.5 Å². The number of aryl methyl sites for hydroxylation is 1. The third-order valence-electron chi connectivity index (χ3n) is 2.39. The first-order valence-corrected chi connectivity index (χ1v) is 6.03. The van der Waals surface area contributed by atoms with E-state index in [2.05, 4.69) is 22.2 Å². The highest BCUT2D eigenvalue weighted by Gasteiger charge is 2.11. The van der Waals surface area contributed by atoms with Gasteiger partial charge < -0.3 is 9.88 Å². The van der Waals surface area contributed by atoms with Crippen LogP contribution in [-0.2, 0) is 6.54 Å². The van der Waals surface area contributed by atoms with Gasteiger partial charge in [0, 0.05) is 18.9 Å². The van der Waals surface area contributed by atoms with Crippen LogP contribution in [0.15, 0.2) is 30.6 Å². The molecule has 1 N–H and O–H groups in total. The molecule has 0 aliphatic rings. The van der Waals surface area contributed by atoms with Gasteiger partial charge in [0.05, 0.1) is 0 Å². The minimum atomic E-state index is -0.205. The molecule has 0 aliphatic heterocycles. The monoisotopic (exact) mass is 264 g/mol. The van der Waals surface area contributed by atoms with E-state index in [-0.39, 0.29) is 11.2 Å². The van der Waals surface area contributed by atoms with Crippen molar-refractivity contribution < 1.29 is 4.79 Å². The molecule has 0 radical (unpaired) electrons. The number of anilines is 1. The number of carbonyl (C=O) groups excluding carboxylic acids is 1. The molecule has 0 unspecified atom stereocenters. The van der Waals surface area contributed by atoms with E-state index in [0.717, 1.165) is 13.0 Å². The quantitative estimate of drug-likeness (QED) is 0.864. The van der Waals surface area contributed by atoms with Gasteiger partial charge >= 0.3 is 0 Å². The number of hydrogen-bond donors (Lipinski definition) is 1. The van der Waals surface area contributed by atoms with E-state index >= 15 is 0 Å². The van der Waals surface area contributed by atoms with Gasteiger partial charge in [0.1, 0.15) is 11.5 Å². The molecular formula is C12H13ClN4O. The molecule has 0 saturated heterocycles. The lowest BCUT2D eigenvalue weighted by molar-refractivity contribution is 0.101. The molecule has 2 aromatic heterocycles. The van der Waals surface area contributed by atoms with Crippen molar-refractivity contribution in [2.75, 3.05) is 5.32 Å². The van der Waals surface area contributed by atoms with Crippen molar-refractivity contribution in [3.63, 3.8) is 0 Å². The van der Waals surface area contributed by atoms with Crippen LogP contribution in [0.25, 0.3) is 0 Å². The lowest BCUT2D eigenvalue weighted by atomic mass is 10.3. The van der Waals surface area contributed by atoms with Gasteiger partial charge in [0.25, 0.3) is 5.91 Å². The summed E-state index contributed by atoms with van der Waals surface area (Å²) in [5.41, 5.74) is 0.603. The normalized spacial score (nSPS) is 10.3. The first-order valence-electron chi connectivity index (χ1n) is 5.65. The zero-order valence-corrected chi connectivity index (χ0v) is 10.7. The van der Waals surface area contributed by atoms with E-state index in [1.165, 1.54) is 6.20 Å². The number of nitrogens with one attached hydrogen (secondary N) is 1. The van der Waals surface area contributed by atoms with Crippen molar-refractivity contribution in [2.45, 2.75) is 19.9 Å². The van der Waals surface area contributed by atoms with E-state index < -0.39 is 0 Å². The second-order valence-corrected chi connectivity index (χ2v) is 4.09. The van der Waals surface area contributed by atoms with Crippen LogP contribution in [0.1, 0.15) is 23.8 Å². The van der Waals surface area contributed by atoms with Gasteiger partial charge in [-0.15, -0.1) is 0 Å². The first-order chi connectivity index (χ1) is 8.70. The standard InChI is InChI=1S/C12H13ClN4O/c1-2-7-17-8-3-4-9(17)11(18)15-10-5-6-14-12(13)16-10/h3-6,8H,2,7H2,1H3,(H,14,15,16,18). The molecule has 0 aliphatic carbocycles. The van der Waals surface area contributed by atoms with Crippen molar-refractivity contribution in [1.82, 2.24) is 14.5 Å². The van der Waals surface area contributed by atoms with Crippen LogP contribution in [0.4, 0.5) is 5.82 Å². The fraction of sp³-hybridized carbons (Fsp3) is 0.250. The zero-order valence-electron chi connectivity index (χ0n) is 9.93. The molecule has 2 rings (SSSR count). The summed E-state index contributed by atoms with van der Waals surface area (Å²) in [5, 5.41) is 2.80. The van der Waals surface area contributed by atoms with Crippen LogP contribution < -0.4 is 5.32 Å². The van der Waals surface area contributed by atoms with Crippen LogP contribution >= 0.6 is 11.6 Å². The van der Waals surface area contributed by atoms with Crippen molar-refractivity contribution in [2.24, 2.45) is 0 Å². The van der Waals surface area contributed by atoms with Gasteiger partial charge in [-0.05, 0) is 36.2 Å². The third kappa shape index (κ3) is 2.87. The Hall–Kier alpha value is -1.88. The van der Waals surface area contributed by atoms with E-state index in [1.54, 1.807) is 12.1 Å². The van der Waals surface area contributed by atoms with Crippen LogP contribution in [0.5, 0.6) is 0 Å². The maximum Gasteiger partial charge on any atom is 0.273 e. The van der Waals surface area contributed by atoms with Gasteiger partial charge in [-0.3, -0.25) is 4.79 Å². The zero-order chi connectivity index (χ0) is 13.0. The molecule has 0 fully saturated rings. The average Bonchev–Trinajstić information content (AvgIpc) is 2.78. The summed E-state index contributed by atoms with van der Waals surface area (Å²) in [5.74, 6) is 0.187. The maximum absolute atomic E-state index is 12.0. The largest absolute Gasteiger partial charge is 0.344 e. The summed E-state index contributed by atoms with van der Waals surface area (Å²) in [6.07, 6.45) is 4.34. The Morgan fingerprint density at radius 1 is 1.50 bits per heavy atom. The topological polar surface area (TPSA) is 59.8 Å². The highest BCUT2D eigenvalue weighted by molar-refractivity contribution is 6.28. The van der Waals surface area contributed by atoms with Gasteiger partial charge in [-0.2, -0.15) is 0 Å². The smallest absolute Gasteiger partial charge is 0.273 e.